The molecule has 4 heteroatoms. The third-order valence-corrected chi connectivity index (χ3v) is 4.23. The van der Waals surface area contributed by atoms with Crippen LogP contribution in [0, 0.1) is 5.92 Å². The Morgan fingerprint density at radius 3 is 2.90 bits per heavy atom. The molecule has 0 bridgehead atoms. The molecule has 1 aliphatic carbocycles. The van der Waals surface area contributed by atoms with Crippen LogP contribution in [0.2, 0.25) is 0 Å². The topological polar surface area (TPSA) is 54.3 Å². The Morgan fingerprint density at radius 2 is 2.20 bits per heavy atom. The zero-order valence-corrected chi connectivity index (χ0v) is 11.7. The number of hydrogen-bond donors (Lipinski definition) is 2. The maximum atomic E-state index is 11.8. The molecule has 1 fully saturated rings. The number of rotatable bonds is 4. The Kier molecular flexibility index (Phi) is 3.49. The Labute approximate surface area is 118 Å². The molecule has 1 aliphatic rings. The quantitative estimate of drug-likeness (QED) is 0.896. The maximum Gasteiger partial charge on any atom is 0.223 e. The van der Waals surface area contributed by atoms with E-state index < -0.39 is 6.10 Å². The molecule has 0 radical (unpaired) electrons. The molecule has 4 nitrogen and oxygen atoms in total. The molecule has 2 N–H and O–H groups in total. The van der Waals surface area contributed by atoms with E-state index in [1.165, 1.54) is 0 Å². The fraction of sp³-hybridized carbons (Fsp3) is 0.438. The fourth-order valence-electron chi connectivity index (χ4n) is 2.76. The van der Waals surface area contributed by atoms with Gasteiger partial charge in [0.25, 0.3) is 0 Å². The number of para-hydroxylation sites is 1. The lowest BCUT2D eigenvalue weighted by molar-refractivity contribution is -0.127. The van der Waals surface area contributed by atoms with Crippen LogP contribution in [0.25, 0.3) is 10.9 Å². The second-order valence-corrected chi connectivity index (χ2v) is 5.60. The molecule has 1 unspecified atom stereocenters. The van der Waals surface area contributed by atoms with Gasteiger partial charge < -0.3 is 15.0 Å². The summed E-state index contributed by atoms with van der Waals surface area (Å²) in [7, 11) is 1.96. The first-order valence-electron chi connectivity index (χ1n) is 7.16. The Bertz CT molecular complexity index is 628. The van der Waals surface area contributed by atoms with Crippen LogP contribution in [0.4, 0.5) is 0 Å². The van der Waals surface area contributed by atoms with Gasteiger partial charge >= 0.3 is 0 Å². The molecule has 1 atom stereocenters. The summed E-state index contributed by atoms with van der Waals surface area (Å²) in [5, 5.41) is 14.2. The minimum Gasteiger partial charge on any atom is -0.386 e. The highest BCUT2D eigenvalue weighted by Gasteiger charge is 2.25. The van der Waals surface area contributed by atoms with E-state index in [1.54, 1.807) is 0 Å². The van der Waals surface area contributed by atoms with Crippen LogP contribution in [0.1, 0.15) is 30.9 Å². The second kappa shape index (κ2) is 5.29. The van der Waals surface area contributed by atoms with Crippen molar-refractivity contribution in [3.63, 3.8) is 0 Å². The van der Waals surface area contributed by atoms with Gasteiger partial charge in [-0.2, -0.15) is 0 Å². The van der Waals surface area contributed by atoms with Gasteiger partial charge in [0, 0.05) is 42.2 Å². The third kappa shape index (κ3) is 2.31. The molecule has 0 spiro atoms. The predicted molar refractivity (Wildman–Crippen MR) is 78.2 cm³/mol. The summed E-state index contributed by atoms with van der Waals surface area (Å²) >= 11 is 0. The van der Waals surface area contributed by atoms with Crippen LogP contribution in [-0.2, 0) is 11.8 Å². The molecule has 1 saturated carbocycles. The summed E-state index contributed by atoms with van der Waals surface area (Å²) in [5.41, 5.74) is 1.96. The average molecular weight is 272 g/mol. The Hall–Kier alpha value is -1.81. The van der Waals surface area contributed by atoms with Crippen LogP contribution in [0.5, 0.6) is 0 Å². The van der Waals surface area contributed by atoms with Gasteiger partial charge in [0.05, 0.1) is 6.10 Å². The smallest absolute Gasteiger partial charge is 0.223 e. The number of hydrogen-bond acceptors (Lipinski definition) is 2. The van der Waals surface area contributed by atoms with Gasteiger partial charge in [0.1, 0.15) is 0 Å². The zero-order valence-electron chi connectivity index (χ0n) is 11.7. The van der Waals surface area contributed by atoms with E-state index in [0.29, 0.717) is 0 Å². The van der Waals surface area contributed by atoms with Crippen LogP contribution in [0.3, 0.4) is 0 Å². The van der Waals surface area contributed by atoms with E-state index in [9.17, 15) is 9.90 Å². The number of amides is 1. The minimum absolute atomic E-state index is 0.0792. The molecule has 2 aromatic rings. The molecule has 1 amide bonds. The van der Waals surface area contributed by atoms with Crippen LogP contribution in [0.15, 0.2) is 30.5 Å². The molecular formula is C16H20N2O2. The largest absolute Gasteiger partial charge is 0.386 e. The van der Waals surface area contributed by atoms with Crippen molar-refractivity contribution in [3.05, 3.63) is 36.0 Å². The van der Waals surface area contributed by atoms with Gasteiger partial charge in [0.2, 0.25) is 5.91 Å². The van der Waals surface area contributed by atoms with E-state index in [2.05, 4.69) is 5.32 Å². The number of benzene rings is 1. The van der Waals surface area contributed by atoms with E-state index in [0.717, 1.165) is 35.7 Å². The van der Waals surface area contributed by atoms with Crippen molar-refractivity contribution in [2.24, 2.45) is 13.0 Å². The first-order chi connectivity index (χ1) is 9.66. The van der Waals surface area contributed by atoms with Crippen LogP contribution < -0.4 is 5.32 Å². The number of aliphatic hydroxyl groups excluding tert-OH is 1. The Balaban J connectivity index is 1.72. The van der Waals surface area contributed by atoms with Gasteiger partial charge in [-0.25, -0.2) is 0 Å². The number of aliphatic hydroxyl groups is 1. The summed E-state index contributed by atoms with van der Waals surface area (Å²) in [6.07, 6.45) is 4.38. The lowest BCUT2D eigenvalue weighted by atomic mass is 9.85. The minimum atomic E-state index is -0.662. The first kappa shape index (κ1) is 13.2. The molecule has 0 aliphatic heterocycles. The van der Waals surface area contributed by atoms with Crippen molar-refractivity contribution < 1.29 is 9.90 Å². The van der Waals surface area contributed by atoms with E-state index in [1.807, 2.05) is 42.1 Å². The summed E-state index contributed by atoms with van der Waals surface area (Å²) in [5.74, 6) is 0.241. The lowest BCUT2D eigenvalue weighted by Gasteiger charge is -2.24. The molecule has 0 saturated heterocycles. The lowest BCUT2D eigenvalue weighted by Crippen LogP contribution is -2.36. The highest BCUT2D eigenvalue weighted by Crippen LogP contribution is 2.27. The van der Waals surface area contributed by atoms with Gasteiger partial charge in [-0.3, -0.25) is 4.79 Å². The van der Waals surface area contributed by atoms with Crippen molar-refractivity contribution in [2.45, 2.75) is 25.4 Å². The highest BCUT2D eigenvalue weighted by molar-refractivity contribution is 5.84. The average Bonchev–Trinajstić information content (AvgIpc) is 2.72. The molecule has 20 heavy (non-hydrogen) atoms. The number of aryl methyl sites for hydroxylation is 1. The van der Waals surface area contributed by atoms with Crippen molar-refractivity contribution in [1.29, 1.82) is 0 Å². The molecule has 1 heterocycles. The third-order valence-electron chi connectivity index (χ3n) is 4.23. The van der Waals surface area contributed by atoms with E-state index >= 15 is 0 Å². The van der Waals surface area contributed by atoms with Crippen LogP contribution >= 0.6 is 0 Å². The normalized spacial score (nSPS) is 16.9. The van der Waals surface area contributed by atoms with E-state index in [4.69, 9.17) is 0 Å². The molecule has 1 aromatic carbocycles. The Morgan fingerprint density at radius 1 is 1.45 bits per heavy atom. The first-order valence-corrected chi connectivity index (χ1v) is 7.16. The standard InChI is InChI=1S/C16H20N2O2/c1-18-10-13(12-7-2-3-8-14(12)18)15(19)9-17-16(20)11-5-4-6-11/h2-3,7-8,10-11,15,19H,4-6,9H2,1H3,(H,17,20). The van der Waals surface area contributed by atoms with Crippen molar-refractivity contribution >= 4 is 16.8 Å². The molecule has 106 valence electrons. The predicted octanol–water partition coefficient (Wildman–Crippen LogP) is 2.13. The summed E-state index contributed by atoms with van der Waals surface area (Å²) in [6, 6.07) is 7.97. The van der Waals surface area contributed by atoms with Gasteiger partial charge in [-0.1, -0.05) is 24.6 Å². The molecule has 1 aromatic heterocycles. The van der Waals surface area contributed by atoms with Crippen molar-refractivity contribution in [3.8, 4) is 0 Å². The number of aromatic nitrogens is 1. The second-order valence-electron chi connectivity index (χ2n) is 5.60. The van der Waals surface area contributed by atoms with Crippen LogP contribution in [-0.4, -0.2) is 22.1 Å². The fourth-order valence-corrected chi connectivity index (χ4v) is 2.76. The van der Waals surface area contributed by atoms with Gasteiger partial charge in [0.15, 0.2) is 0 Å². The molecule has 3 rings (SSSR count). The summed E-state index contributed by atoms with van der Waals surface area (Å²) < 4.78 is 2.00. The highest BCUT2D eigenvalue weighted by atomic mass is 16.3. The monoisotopic (exact) mass is 272 g/mol. The van der Waals surface area contributed by atoms with Crippen molar-refractivity contribution in [1.82, 2.24) is 9.88 Å². The zero-order chi connectivity index (χ0) is 14.1. The maximum absolute atomic E-state index is 11.8. The SMILES string of the molecule is Cn1cc(C(O)CNC(=O)C2CCC2)c2ccccc21. The van der Waals surface area contributed by atoms with Gasteiger partial charge in [-0.15, -0.1) is 0 Å². The number of carbonyl (C=O) groups excluding carboxylic acids is 1. The summed E-state index contributed by atoms with van der Waals surface area (Å²) in [6.45, 7) is 0.281. The number of carbonyl (C=O) groups is 1. The van der Waals surface area contributed by atoms with Crippen molar-refractivity contribution in [2.75, 3.05) is 6.54 Å². The molecular weight excluding hydrogens is 252 g/mol. The van der Waals surface area contributed by atoms with E-state index in [-0.39, 0.29) is 18.4 Å². The van der Waals surface area contributed by atoms with Gasteiger partial charge in [-0.05, 0) is 18.9 Å². The number of nitrogens with one attached hydrogen (secondary N) is 1. The summed E-state index contributed by atoms with van der Waals surface area (Å²) in [4.78, 5) is 11.8. The number of fused-ring (bicyclic) bond motifs is 1. The number of nitrogens with zero attached hydrogens (tertiary/aromatic N) is 1.